The lowest BCUT2D eigenvalue weighted by molar-refractivity contribution is 0.0640. The highest BCUT2D eigenvalue weighted by Crippen LogP contribution is 2.31. The van der Waals surface area contributed by atoms with E-state index in [-0.39, 0.29) is 17.3 Å². The Balaban J connectivity index is 2.31. The fraction of sp³-hybridized carbons (Fsp3) is 0.368. The average molecular weight is 384 g/mol. The lowest BCUT2D eigenvalue weighted by Crippen LogP contribution is -2.19. The third-order valence-corrected chi connectivity index (χ3v) is 4.92. The number of sulfone groups is 1. The Hall–Kier alpha value is -1.99. The van der Waals surface area contributed by atoms with Crippen molar-refractivity contribution in [3.8, 4) is 16.9 Å². The number of hydrogen-bond donors (Lipinski definition) is 1. The van der Waals surface area contributed by atoms with Crippen molar-refractivity contribution in [3.63, 3.8) is 0 Å². The quantitative estimate of drug-likeness (QED) is 0.734. The number of benzene rings is 2. The Labute approximate surface area is 152 Å². The molecular weight excluding hydrogens is 362 g/mol. The van der Waals surface area contributed by atoms with Gasteiger partial charge in [-0.25, -0.2) is 17.2 Å². The van der Waals surface area contributed by atoms with E-state index in [1.807, 2.05) is 0 Å². The van der Waals surface area contributed by atoms with Crippen LogP contribution in [0.15, 0.2) is 41.3 Å². The van der Waals surface area contributed by atoms with Crippen LogP contribution in [0.1, 0.15) is 26.7 Å². The highest BCUT2D eigenvalue weighted by Gasteiger charge is 2.17. The fourth-order valence-electron chi connectivity index (χ4n) is 2.47. The van der Waals surface area contributed by atoms with Crippen LogP contribution in [0.4, 0.5) is 8.78 Å². The summed E-state index contributed by atoms with van der Waals surface area (Å²) in [6, 6.07) is 7.87. The Bertz CT molecular complexity index is 887. The summed E-state index contributed by atoms with van der Waals surface area (Å²) in [6.45, 7) is 3.57. The molecule has 0 fully saturated rings. The first-order chi connectivity index (χ1) is 12.0. The molecule has 2 rings (SSSR count). The third-order valence-electron chi connectivity index (χ3n) is 3.79. The van der Waals surface area contributed by atoms with Gasteiger partial charge in [0.25, 0.3) is 0 Å². The molecule has 0 bridgehead atoms. The smallest absolute Gasteiger partial charge is 0.179 e. The first-order valence-corrected chi connectivity index (χ1v) is 10.0. The molecule has 0 radical (unpaired) electrons. The van der Waals surface area contributed by atoms with Gasteiger partial charge in [-0.15, -0.1) is 0 Å². The summed E-state index contributed by atoms with van der Waals surface area (Å²) >= 11 is 0. The van der Waals surface area contributed by atoms with Gasteiger partial charge in [-0.3, -0.25) is 0 Å². The van der Waals surface area contributed by atoms with Crippen LogP contribution in [0.3, 0.4) is 0 Å². The van der Waals surface area contributed by atoms with Gasteiger partial charge in [0.1, 0.15) is 10.6 Å². The second kappa shape index (κ2) is 7.72. The summed E-state index contributed by atoms with van der Waals surface area (Å²) in [5, 5.41) is 9.72. The summed E-state index contributed by atoms with van der Waals surface area (Å²) in [6.07, 6.45) is 2.09. The normalized spacial score (nSPS) is 12.2. The van der Waals surface area contributed by atoms with Gasteiger partial charge in [0, 0.05) is 6.26 Å². The van der Waals surface area contributed by atoms with Crippen molar-refractivity contribution in [3.05, 3.63) is 48.0 Å². The highest BCUT2D eigenvalue weighted by molar-refractivity contribution is 7.90. The van der Waals surface area contributed by atoms with Gasteiger partial charge in [0.05, 0.1) is 12.2 Å². The monoisotopic (exact) mass is 384 g/mol. The summed E-state index contributed by atoms with van der Waals surface area (Å²) in [7, 11) is -3.52. The summed E-state index contributed by atoms with van der Waals surface area (Å²) in [5.74, 6) is -1.79. The molecule has 2 aromatic rings. The number of aliphatic hydroxyl groups is 1. The van der Waals surface area contributed by atoms with Gasteiger partial charge in [0.15, 0.2) is 21.5 Å². The van der Waals surface area contributed by atoms with E-state index >= 15 is 0 Å². The van der Waals surface area contributed by atoms with Gasteiger partial charge in [0.2, 0.25) is 0 Å². The molecule has 0 atom stereocenters. The van der Waals surface area contributed by atoms with Crippen molar-refractivity contribution < 1.29 is 27.0 Å². The molecule has 0 aliphatic carbocycles. The number of ether oxygens (including phenoxy) is 1. The zero-order valence-corrected chi connectivity index (χ0v) is 15.7. The van der Waals surface area contributed by atoms with E-state index in [0.29, 0.717) is 24.0 Å². The molecule has 0 heterocycles. The topological polar surface area (TPSA) is 63.6 Å². The lowest BCUT2D eigenvalue weighted by atomic mass is 10.0. The summed E-state index contributed by atoms with van der Waals surface area (Å²) in [4.78, 5) is 0.0205. The van der Waals surface area contributed by atoms with Gasteiger partial charge in [-0.2, -0.15) is 0 Å². The van der Waals surface area contributed by atoms with Crippen molar-refractivity contribution in [2.75, 3.05) is 12.9 Å². The van der Waals surface area contributed by atoms with Crippen LogP contribution in [0, 0.1) is 11.6 Å². The van der Waals surface area contributed by atoms with Gasteiger partial charge >= 0.3 is 0 Å². The number of halogens is 2. The Morgan fingerprint density at radius 2 is 1.65 bits per heavy atom. The van der Waals surface area contributed by atoms with Crippen LogP contribution in [-0.4, -0.2) is 32.0 Å². The first kappa shape index (κ1) is 20.3. The van der Waals surface area contributed by atoms with E-state index in [2.05, 4.69) is 0 Å². The van der Waals surface area contributed by atoms with Gasteiger partial charge < -0.3 is 9.84 Å². The van der Waals surface area contributed by atoms with Crippen molar-refractivity contribution in [2.24, 2.45) is 0 Å². The molecule has 0 saturated carbocycles. The maximum Gasteiger partial charge on any atom is 0.179 e. The number of rotatable bonds is 7. The predicted molar refractivity (Wildman–Crippen MR) is 95.9 cm³/mol. The minimum atomic E-state index is -3.52. The minimum absolute atomic E-state index is 0.0205. The maximum absolute atomic E-state index is 13.5. The van der Waals surface area contributed by atoms with Crippen molar-refractivity contribution >= 4 is 9.84 Å². The summed E-state index contributed by atoms with van der Waals surface area (Å²) < 4.78 is 56.1. The molecule has 26 heavy (non-hydrogen) atoms. The third kappa shape index (κ3) is 5.51. The van der Waals surface area contributed by atoms with Crippen LogP contribution in [0.25, 0.3) is 11.1 Å². The van der Waals surface area contributed by atoms with E-state index in [1.54, 1.807) is 13.8 Å². The first-order valence-electron chi connectivity index (χ1n) is 8.12. The van der Waals surface area contributed by atoms with Crippen molar-refractivity contribution in [1.82, 2.24) is 0 Å². The van der Waals surface area contributed by atoms with E-state index < -0.39 is 27.1 Å². The second-order valence-corrected chi connectivity index (χ2v) is 8.81. The molecule has 4 nitrogen and oxygen atoms in total. The van der Waals surface area contributed by atoms with E-state index in [4.69, 9.17) is 4.74 Å². The van der Waals surface area contributed by atoms with Gasteiger partial charge in [-0.05, 0) is 62.1 Å². The molecule has 0 saturated heterocycles. The SMILES string of the molecule is CC(C)(O)CCCOc1cc(-c2ccc(F)c(F)c2)ccc1S(C)(=O)=O. The average Bonchev–Trinajstić information content (AvgIpc) is 2.52. The zero-order chi connectivity index (χ0) is 19.5. The van der Waals surface area contributed by atoms with Crippen LogP contribution < -0.4 is 4.74 Å². The van der Waals surface area contributed by atoms with Gasteiger partial charge in [-0.1, -0.05) is 12.1 Å². The molecule has 0 unspecified atom stereocenters. The van der Waals surface area contributed by atoms with E-state index in [9.17, 15) is 22.3 Å². The maximum atomic E-state index is 13.5. The van der Waals surface area contributed by atoms with Crippen molar-refractivity contribution in [1.29, 1.82) is 0 Å². The molecule has 2 aromatic carbocycles. The number of hydrogen-bond acceptors (Lipinski definition) is 4. The van der Waals surface area contributed by atoms with Crippen LogP contribution in [-0.2, 0) is 9.84 Å². The Kier molecular flexibility index (Phi) is 6.03. The molecule has 1 N–H and O–H groups in total. The van der Waals surface area contributed by atoms with E-state index in [1.165, 1.54) is 24.3 Å². The standard InChI is InChI=1S/C19H22F2O4S/c1-19(2,22)9-4-10-25-17-12-14(6-8-18(17)26(3,23)24)13-5-7-15(20)16(21)11-13/h5-8,11-12,22H,4,9-10H2,1-3H3. The molecule has 7 heteroatoms. The molecule has 0 aliphatic heterocycles. The minimum Gasteiger partial charge on any atom is -0.492 e. The Morgan fingerprint density at radius 1 is 1.04 bits per heavy atom. The molecular formula is C19H22F2O4S. The van der Waals surface area contributed by atoms with Crippen LogP contribution >= 0.6 is 0 Å². The largest absolute Gasteiger partial charge is 0.492 e. The molecule has 0 aromatic heterocycles. The lowest BCUT2D eigenvalue weighted by Gasteiger charge is -2.17. The van der Waals surface area contributed by atoms with E-state index in [0.717, 1.165) is 18.4 Å². The van der Waals surface area contributed by atoms with Crippen molar-refractivity contribution in [2.45, 2.75) is 37.2 Å². The molecule has 0 spiro atoms. The fourth-order valence-corrected chi connectivity index (χ4v) is 3.27. The molecule has 0 aliphatic rings. The Morgan fingerprint density at radius 3 is 2.23 bits per heavy atom. The van der Waals surface area contributed by atoms with Crippen LogP contribution in [0.5, 0.6) is 5.75 Å². The molecule has 142 valence electrons. The zero-order valence-electron chi connectivity index (χ0n) is 14.9. The predicted octanol–water partition coefficient (Wildman–Crippen LogP) is 3.97. The summed E-state index contributed by atoms with van der Waals surface area (Å²) in [5.41, 5.74) is 0.0790. The van der Waals surface area contributed by atoms with Crippen LogP contribution in [0.2, 0.25) is 0 Å². The molecule has 0 amide bonds. The second-order valence-electron chi connectivity index (χ2n) is 6.83. The highest BCUT2D eigenvalue weighted by atomic mass is 32.2.